The maximum absolute atomic E-state index is 12.8. The Balaban J connectivity index is 2.08. The summed E-state index contributed by atoms with van der Waals surface area (Å²) in [7, 11) is -4.24. The molecule has 1 aromatic carbocycles. The van der Waals surface area contributed by atoms with Gasteiger partial charge in [0, 0.05) is 6.54 Å². The molecule has 7 nitrogen and oxygen atoms in total. The molecule has 2 fully saturated rings. The van der Waals surface area contributed by atoms with Crippen LogP contribution in [0.2, 0.25) is 10.0 Å². The van der Waals surface area contributed by atoms with Gasteiger partial charge < -0.3 is 10.2 Å². The van der Waals surface area contributed by atoms with E-state index in [4.69, 9.17) is 28.3 Å². The fourth-order valence-corrected chi connectivity index (χ4v) is 5.51. The molecule has 2 aliphatic rings. The van der Waals surface area contributed by atoms with E-state index >= 15 is 0 Å². The first-order valence-corrected chi connectivity index (χ1v) is 8.81. The van der Waals surface area contributed by atoms with Crippen LogP contribution in [0, 0.1) is 11.8 Å². The molecule has 23 heavy (non-hydrogen) atoms. The molecule has 1 saturated heterocycles. The number of aliphatic carboxylic acids is 1. The fourth-order valence-electron chi connectivity index (χ4n) is 3.00. The molecule has 1 aliphatic carbocycles. The Bertz CT molecular complexity index is 824. The highest BCUT2D eigenvalue weighted by Gasteiger charge is 2.59. The van der Waals surface area contributed by atoms with Crippen LogP contribution in [-0.4, -0.2) is 47.5 Å². The average molecular weight is 380 g/mol. The van der Waals surface area contributed by atoms with E-state index in [2.05, 4.69) is 0 Å². The highest BCUT2D eigenvalue weighted by atomic mass is 35.5. The van der Waals surface area contributed by atoms with Gasteiger partial charge in [-0.3, -0.25) is 4.79 Å². The van der Waals surface area contributed by atoms with Crippen LogP contribution in [0.3, 0.4) is 0 Å². The maximum atomic E-state index is 12.8. The number of carboxylic acids is 2. The van der Waals surface area contributed by atoms with E-state index in [1.807, 2.05) is 0 Å². The minimum Gasteiger partial charge on any atom is -0.480 e. The summed E-state index contributed by atoms with van der Waals surface area (Å²) in [5, 5.41) is 17.9. The van der Waals surface area contributed by atoms with Gasteiger partial charge in [-0.05, 0) is 30.4 Å². The largest absolute Gasteiger partial charge is 0.480 e. The third-order valence-electron chi connectivity index (χ3n) is 4.20. The Morgan fingerprint density at radius 2 is 1.83 bits per heavy atom. The van der Waals surface area contributed by atoms with Crippen molar-refractivity contribution >= 4 is 45.2 Å². The standard InChI is InChI=1S/C13H11Cl2NO6S/c14-8-3-9(15)10(2-7(8)12(17)18)23(21,22)16-4-5-1-6(5)11(16)13(19)20/h2-3,5-6,11H,1,4H2,(H,17,18)(H,19,20)/t5-,6+,11-/m0/s1. The normalized spacial score (nSPS) is 26.8. The number of carboxylic acid groups (broad SMARTS) is 2. The second-order valence-electron chi connectivity index (χ2n) is 5.59. The molecule has 124 valence electrons. The van der Waals surface area contributed by atoms with Crippen molar-refractivity contribution in [3.05, 3.63) is 27.7 Å². The fraction of sp³-hybridized carbons (Fsp3) is 0.385. The molecule has 3 rings (SSSR count). The van der Waals surface area contributed by atoms with Crippen molar-refractivity contribution in [1.29, 1.82) is 0 Å². The van der Waals surface area contributed by atoms with Gasteiger partial charge in [0.15, 0.2) is 0 Å². The number of hydrogen-bond donors (Lipinski definition) is 2. The zero-order valence-corrected chi connectivity index (χ0v) is 13.8. The highest BCUT2D eigenvalue weighted by Crippen LogP contribution is 2.51. The molecule has 1 aromatic rings. The van der Waals surface area contributed by atoms with Crippen LogP contribution in [-0.2, 0) is 14.8 Å². The van der Waals surface area contributed by atoms with Gasteiger partial charge in [0.05, 0.1) is 15.6 Å². The van der Waals surface area contributed by atoms with Gasteiger partial charge >= 0.3 is 11.9 Å². The number of piperidine rings is 1. The first kappa shape index (κ1) is 16.5. The van der Waals surface area contributed by atoms with Gasteiger partial charge in [-0.1, -0.05) is 23.2 Å². The molecule has 0 spiro atoms. The van der Waals surface area contributed by atoms with E-state index in [0.717, 1.165) is 16.4 Å². The first-order chi connectivity index (χ1) is 10.6. The molecule has 3 atom stereocenters. The Morgan fingerprint density at radius 3 is 2.39 bits per heavy atom. The minimum atomic E-state index is -4.24. The molecule has 1 saturated carbocycles. The topological polar surface area (TPSA) is 112 Å². The van der Waals surface area contributed by atoms with E-state index in [1.54, 1.807) is 0 Å². The van der Waals surface area contributed by atoms with Crippen LogP contribution in [0.15, 0.2) is 17.0 Å². The lowest BCUT2D eigenvalue weighted by Gasteiger charge is -2.24. The number of carbonyl (C=O) groups is 2. The zero-order valence-electron chi connectivity index (χ0n) is 11.4. The number of sulfonamides is 1. The van der Waals surface area contributed by atoms with Gasteiger partial charge in [-0.2, -0.15) is 4.31 Å². The van der Waals surface area contributed by atoms with Crippen LogP contribution in [0.1, 0.15) is 16.8 Å². The van der Waals surface area contributed by atoms with Gasteiger partial charge in [0.1, 0.15) is 10.9 Å². The molecule has 0 unspecified atom stereocenters. The summed E-state index contributed by atoms with van der Waals surface area (Å²) in [6, 6.07) is 0.752. The SMILES string of the molecule is O=C(O)c1cc(S(=O)(=O)N2C[C@@H]3C[C@H]3[C@H]2C(=O)O)c(Cl)cc1Cl. The molecule has 1 heterocycles. The predicted octanol–water partition coefficient (Wildman–Crippen LogP) is 1.79. The van der Waals surface area contributed by atoms with Gasteiger partial charge in [0.2, 0.25) is 10.0 Å². The van der Waals surface area contributed by atoms with Crippen molar-refractivity contribution in [3.8, 4) is 0 Å². The van der Waals surface area contributed by atoms with Gasteiger partial charge in [-0.15, -0.1) is 0 Å². The maximum Gasteiger partial charge on any atom is 0.337 e. The van der Waals surface area contributed by atoms with E-state index < -0.39 is 38.5 Å². The summed E-state index contributed by atoms with van der Waals surface area (Å²) in [4.78, 5) is 22.1. The van der Waals surface area contributed by atoms with E-state index in [0.29, 0.717) is 6.42 Å². The van der Waals surface area contributed by atoms with E-state index in [-0.39, 0.29) is 28.4 Å². The predicted molar refractivity (Wildman–Crippen MR) is 80.3 cm³/mol. The molecule has 0 aromatic heterocycles. The lowest BCUT2D eigenvalue weighted by atomic mass is 10.2. The number of halogens is 2. The van der Waals surface area contributed by atoms with E-state index in [1.165, 1.54) is 0 Å². The number of nitrogens with zero attached hydrogens (tertiary/aromatic N) is 1. The van der Waals surface area contributed by atoms with E-state index in [9.17, 15) is 23.1 Å². The van der Waals surface area contributed by atoms with Crippen molar-refractivity contribution in [2.24, 2.45) is 11.8 Å². The Labute approximate surface area is 141 Å². The molecule has 2 N–H and O–H groups in total. The van der Waals surface area contributed by atoms with Crippen LogP contribution in [0.4, 0.5) is 0 Å². The second kappa shape index (κ2) is 5.34. The Hall–Kier alpha value is -1.35. The number of rotatable bonds is 4. The molecule has 0 radical (unpaired) electrons. The van der Waals surface area contributed by atoms with Crippen molar-refractivity contribution < 1.29 is 28.2 Å². The summed E-state index contributed by atoms with van der Waals surface area (Å²) in [5.41, 5.74) is -0.411. The number of aromatic carboxylic acids is 1. The lowest BCUT2D eigenvalue weighted by Crippen LogP contribution is -2.43. The summed E-state index contributed by atoms with van der Waals surface area (Å²) in [6.07, 6.45) is 0.678. The lowest BCUT2D eigenvalue weighted by molar-refractivity contribution is -0.141. The quantitative estimate of drug-likeness (QED) is 0.824. The van der Waals surface area contributed by atoms with Crippen molar-refractivity contribution in [3.63, 3.8) is 0 Å². The summed E-state index contributed by atoms with van der Waals surface area (Å²) >= 11 is 11.7. The van der Waals surface area contributed by atoms with Gasteiger partial charge in [-0.25, -0.2) is 13.2 Å². The Morgan fingerprint density at radius 1 is 1.17 bits per heavy atom. The van der Waals surface area contributed by atoms with Crippen LogP contribution in [0.5, 0.6) is 0 Å². The van der Waals surface area contributed by atoms with Crippen molar-refractivity contribution in [1.82, 2.24) is 4.31 Å². The van der Waals surface area contributed by atoms with Crippen LogP contribution < -0.4 is 0 Å². The van der Waals surface area contributed by atoms with Crippen molar-refractivity contribution in [2.75, 3.05) is 6.54 Å². The third-order valence-corrected chi connectivity index (χ3v) is 6.82. The summed E-state index contributed by atoms with van der Waals surface area (Å²) in [6.45, 7) is 0.0886. The van der Waals surface area contributed by atoms with Crippen LogP contribution in [0.25, 0.3) is 0 Å². The molecular weight excluding hydrogens is 369 g/mol. The van der Waals surface area contributed by atoms with Crippen LogP contribution >= 0.6 is 23.2 Å². The average Bonchev–Trinajstić information content (AvgIpc) is 3.07. The minimum absolute atomic E-state index is 0.0240. The second-order valence-corrected chi connectivity index (χ2v) is 8.26. The zero-order chi connectivity index (χ0) is 17.1. The Kier molecular flexibility index (Phi) is 3.83. The summed E-state index contributed by atoms with van der Waals surface area (Å²) < 4.78 is 26.4. The molecule has 0 bridgehead atoms. The van der Waals surface area contributed by atoms with Gasteiger partial charge in [0.25, 0.3) is 0 Å². The monoisotopic (exact) mass is 379 g/mol. The molecular formula is C13H11Cl2NO6S. The highest BCUT2D eigenvalue weighted by molar-refractivity contribution is 7.89. The molecule has 10 heteroatoms. The first-order valence-electron chi connectivity index (χ1n) is 6.61. The van der Waals surface area contributed by atoms with Crippen molar-refractivity contribution in [2.45, 2.75) is 17.4 Å². The smallest absolute Gasteiger partial charge is 0.337 e. The molecule has 1 aliphatic heterocycles. The number of benzene rings is 1. The third kappa shape index (κ3) is 2.59. The molecule has 0 amide bonds. The summed E-state index contributed by atoms with van der Waals surface area (Å²) in [5.74, 6) is -2.80. The number of fused-ring (bicyclic) bond motifs is 1. The number of hydrogen-bond acceptors (Lipinski definition) is 4.